The number of benzene rings is 1. The first-order valence-electron chi connectivity index (χ1n) is 7.22. The summed E-state index contributed by atoms with van der Waals surface area (Å²) < 4.78 is 11.8. The molecule has 23 heavy (non-hydrogen) atoms. The summed E-state index contributed by atoms with van der Waals surface area (Å²) >= 11 is 6.27. The van der Waals surface area contributed by atoms with E-state index in [1.807, 2.05) is 4.57 Å². The quantitative estimate of drug-likeness (QED) is 0.637. The van der Waals surface area contributed by atoms with E-state index >= 15 is 0 Å². The van der Waals surface area contributed by atoms with E-state index < -0.39 is 0 Å². The normalized spacial score (nSPS) is 16.0. The van der Waals surface area contributed by atoms with Gasteiger partial charge in [0.1, 0.15) is 11.4 Å². The topological polar surface area (TPSA) is 57.5 Å². The van der Waals surface area contributed by atoms with Gasteiger partial charge < -0.3 is 14.0 Å². The zero-order valence-electron chi connectivity index (χ0n) is 12.8. The van der Waals surface area contributed by atoms with Gasteiger partial charge in [-0.2, -0.15) is 0 Å². The van der Waals surface area contributed by atoms with Crippen LogP contribution in [0.1, 0.15) is 34.1 Å². The van der Waals surface area contributed by atoms with Gasteiger partial charge in [0, 0.05) is 17.8 Å². The van der Waals surface area contributed by atoms with Crippen molar-refractivity contribution in [2.45, 2.75) is 18.9 Å². The van der Waals surface area contributed by atoms with Gasteiger partial charge in [-0.15, -0.1) is 0 Å². The molecular formula is C17H16ClNO4. The molecule has 1 aromatic heterocycles. The Morgan fingerprint density at radius 1 is 1.26 bits per heavy atom. The molecule has 0 spiro atoms. The van der Waals surface area contributed by atoms with Gasteiger partial charge in [-0.05, 0) is 24.6 Å². The number of hydrogen-bond donors (Lipinski definition) is 0. The first-order chi connectivity index (χ1) is 11.1. The van der Waals surface area contributed by atoms with E-state index in [2.05, 4.69) is 0 Å². The Hall–Kier alpha value is -2.27. The minimum atomic E-state index is -0.371. The summed E-state index contributed by atoms with van der Waals surface area (Å²) in [5, 5.41) is 0.349. The van der Waals surface area contributed by atoms with Crippen LogP contribution in [0.15, 0.2) is 30.3 Å². The Morgan fingerprint density at radius 2 is 2.04 bits per heavy atom. The summed E-state index contributed by atoms with van der Waals surface area (Å²) in [5.74, 6) is -0.263. The van der Waals surface area contributed by atoms with E-state index in [9.17, 15) is 9.59 Å². The maximum Gasteiger partial charge on any atom is 0.314 e. The van der Waals surface area contributed by atoms with Crippen LogP contribution in [0, 0.1) is 0 Å². The minimum Gasteiger partial charge on any atom is -0.497 e. The molecule has 0 fully saturated rings. The molecule has 1 aliphatic heterocycles. The Bertz CT molecular complexity index is 781. The molecule has 0 N–H and O–H groups in total. The maximum atomic E-state index is 12.8. The number of halogens is 1. The van der Waals surface area contributed by atoms with Gasteiger partial charge in [0.2, 0.25) is 5.78 Å². The molecular weight excluding hydrogens is 318 g/mol. The SMILES string of the molecule is COC(=O)C1CCn2c1cc(Cl)c2C(=O)c1cccc(OC)c1. The van der Waals surface area contributed by atoms with Gasteiger partial charge in [0.05, 0.1) is 25.2 Å². The Kier molecular flexibility index (Phi) is 4.13. The van der Waals surface area contributed by atoms with E-state index in [4.69, 9.17) is 21.1 Å². The first-order valence-corrected chi connectivity index (χ1v) is 7.60. The molecule has 1 atom stereocenters. The van der Waals surface area contributed by atoms with Gasteiger partial charge >= 0.3 is 5.97 Å². The molecule has 6 heteroatoms. The van der Waals surface area contributed by atoms with E-state index in [0.717, 1.165) is 5.69 Å². The summed E-state index contributed by atoms with van der Waals surface area (Å²) in [4.78, 5) is 24.7. The number of rotatable bonds is 4. The van der Waals surface area contributed by atoms with Crippen molar-refractivity contribution < 1.29 is 19.1 Å². The lowest BCUT2D eigenvalue weighted by atomic mass is 10.1. The molecule has 2 aromatic rings. The third kappa shape index (κ3) is 2.61. The van der Waals surface area contributed by atoms with Crippen LogP contribution in [0.3, 0.4) is 0 Å². The molecule has 0 saturated heterocycles. The number of ether oxygens (including phenoxy) is 2. The molecule has 5 nitrogen and oxygen atoms in total. The monoisotopic (exact) mass is 333 g/mol. The smallest absolute Gasteiger partial charge is 0.314 e. The fourth-order valence-electron chi connectivity index (χ4n) is 2.98. The van der Waals surface area contributed by atoms with Crippen molar-refractivity contribution in [2.24, 2.45) is 0 Å². The second kappa shape index (κ2) is 6.08. The molecule has 0 radical (unpaired) electrons. The second-order valence-corrected chi connectivity index (χ2v) is 5.75. The molecule has 1 aliphatic rings. The van der Waals surface area contributed by atoms with Crippen molar-refractivity contribution in [1.29, 1.82) is 0 Å². The van der Waals surface area contributed by atoms with Crippen molar-refractivity contribution >= 4 is 23.4 Å². The highest BCUT2D eigenvalue weighted by Crippen LogP contribution is 2.36. The Balaban J connectivity index is 2.01. The third-order valence-electron chi connectivity index (χ3n) is 4.11. The van der Waals surface area contributed by atoms with E-state index in [1.165, 1.54) is 7.11 Å². The summed E-state index contributed by atoms with van der Waals surface area (Å²) in [6, 6.07) is 8.60. The van der Waals surface area contributed by atoms with Crippen molar-refractivity contribution in [2.75, 3.05) is 14.2 Å². The van der Waals surface area contributed by atoms with Crippen LogP contribution in [0.25, 0.3) is 0 Å². The summed E-state index contributed by atoms with van der Waals surface area (Å²) in [5.41, 5.74) is 1.63. The van der Waals surface area contributed by atoms with Crippen LogP contribution in [-0.2, 0) is 16.1 Å². The van der Waals surface area contributed by atoms with Crippen molar-refractivity contribution in [3.63, 3.8) is 0 Å². The largest absolute Gasteiger partial charge is 0.497 e. The van der Waals surface area contributed by atoms with Gasteiger partial charge in [-0.3, -0.25) is 9.59 Å². The number of hydrogen-bond acceptors (Lipinski definition) is 4. The lowest BCUT2D eigenvalue weighted by molar-refractivity contribution is -0.142. The zero-order valence-corrected chi connectivity index (χ0v) is 13.6. The number of carbonyl (C=O) groups is 2. The van der Waals surface area contributed by atoms with Gasteiger partial charge in [0.25, 0.3) is 0 Å². The number of ketones is 1. The number of fused-ring (bicyclic) bond motifs is 1. The van der Waals surface area contributed by atoms with Crippen molar-refractivity contribution in [3.8, 4) is 5.75 Å². The molecule has 0 amide bonds. The highest BCUT2D eigenvalue weighted by molar-refractivity contribution is 6.35. The molecule has 1 unspecified atom stereocenters. The van der Waals surface area contributed by atoms with Crippen LogP contribution in [0.5, 0.6) is 5.75 Å². The van der Waals surface area contributed by atoms with Crippen molar-refractivity contribution in [1.82, 2.24) is 4.57 Å². The molecule has 1 aromatic carbocycles. The Morgan fingerprint density at radius 3 is 2.74 bits per heavy atom. The second-order valence-electron chi connectivity index (χ2n) is 5.34. The highest BCUT2D eigenvalue weighted by Gasteiger charge is 2.34. The van der Waals surface area contributed by atoms with Crippen LogP contribution in [0.4, 0.5) is 0 Å². The number of carbonyl (C=O) groups excluding carboxylic acids is 2. The summed E-state index contributed by atoms with van der Waals surface area (Å²) in [6.07, 6.45) is 0.609. The zero-order chi connectivity index (χ0) is 16.6. The highest BCUT2D eigenvalue weighted by atomic mass is 35.5. The third-order valence-corrected chi connectivity index (χ3v) is 4.40. The fourth-order valence-corrected chi connectivity index (χ4v) is 3.28. The molecule has 0 aliphatic carbocycles. The van der Waals surface area contributed by atoms with Gasteiger partial charge in [-0.1, -0.05) is 23.7 Å². The van der Waals surface area contributed by atoms with Crippen LogP contribution < -0.4 is 4.74 Å². The predicted octanol–water partition coefficient (Wildman–Crippen LogP) is 3.04. The predicted molar refractivity (Wildman–Crippen MR) is 85.2 cm³/mol. The van der Waals surface area contributed by atoms with Gasteiger partial charge in [-0.25, -0.2) is 0 Å². The number of aromatic nitrogens is 1. The van der Waals surface area contributed by atoms with E-state index in [0.29, 0.717) is 35.0 Å². The van der Waals surface area contributed by atoms with E-state index in [-0.39, 0.29) is 17.7 Å². The molecule has 2 heterocycles. The number of nitrogens with zero attached hydrogens (tertiary/aromatic N) is 1. The fraction of sp³-hybridized carbons (Fsp3) is 0.294. The van der Waals surface area contributed by atoms with Crippen molar-refractivity contribution in [3.05, 3.63) is 52.3 Å². The maximum absolute atomic E-state index is 12.8. The minimum absolute atomic E-state index is 0.189. The molecule has 3 rings (SSSR count). The van der Waals surface area contributed by atoms with E-state index in [1.54, 1.807) is 37.4 Å². The summed E-state index contributed by atoms with van der Waals surface area (Å²) in [7, 11) is 2.91. The average molecular weight is 334 g/mol. The lowest BCUT2D eigenvalue weighted by Crippen LogP contribution is -2.12. The Labute approximate surface area is 138 Å². The molecule has 0 bridgehead atoms. The van der Waals surface area contributed by atoms with Crippen LogP contribution in [-0.4, -0.2) is 30.5 Å². The van der Waals surface area contributed by atoms with Crippen LogP contribution in [0.2, 0.25) is 5.02 Å². The standard InChI is InChI=1S/C17H16ClNO4/c1-22-11-5-3-4-10(8-11)16(20)15-13(18)9-14-12(17(21)23-2)6-7-19(14)15/h3-5,8-9,12H,6-7H2,1-2H3. The molecule has 120 valence electrons. The number of methoxy groups -OCH3 is 2. The number of esters is 1. The van der Waals surface area contributed by atoms with Crippen LogP contribution >= 0.6 is 11.6 Å². The first kappa shape index (κ1) is 15.6. The lowest BCUT2D eigenvalue weighted by Gasteiger charge is -2.08. The van der Waals surface area contributed by atoms with Gasteiger partial charge in [0.15, 0.2) is 0 Å². The average Bonchev–Trinajstić information content (AvgIpc) is 3.11. The molecule has 0 saturated carbocycles. The summed E-state index contributed by atoms with van der Waals surface area (Å²) in [6.45, 7) is 0.562.